The monoisotopic (exact) mass is 882 g/mol. The van der Waals surface area contributed by atoms with Crippen LogP contribution in [0.4, 0.5) is 17.5 Å². The minimum atomic E-state index is 0.405. The zero-order valence-corrected chi connectivity index (χ0v) is 36.0. The van der Waals surface area contributed by atoms with Crippen LogP contribution < -0.4 is 26.9 Å². The van der Waals surface area contributed by atoms with Gasteiger partial charge in [0.05, 0.1) is 32.6 Å². The van der Waals surface area contributed by atoms with Crippen LogP contribution in [0.5, 0.6) is 0 Å². The normalized spacial score (nSPS) is 13.6. The third-order valence-electron chi connectivity index (χ3n) is 9.72. The van der Waals surface area contributed by atoms with E-state index in [1.54, 1.807) is 46.1 Å². The number of hydrogen-bond acceptors (Lipinski definition) is 17. The maximum atomic E-state index is 10.2. The van der Waals surface area contributed by atoms with Crippen molar-refractivity contribution >= 4 is 53.1 Å². The zero-order chi connectivity index (χ0) is 44.7. The summed E-state index contributed by atoms with van der Waals surface area (Å²) in [6.07, 6.45) is 9.51. The molecule has 64 heavy (non-hydrogen) atoms. The van der Waals surface area contributed by atoms with Crippen LogP contribution >= 0.6 is 11.6 Å². The van der Waals surface area contributed by atoms with Gasteiger partial charge in [0.1, 0.15) is 23.1 Å². The molecule has 0 amide bonds. The molecule has 0 spiro atoms. The van der Waals surface area contributed by atoms with E-state index in [4.69, 9.17) is 26.2 Å². The average molecular weight is 883 g/mol. The van der Waals surface area contributed by atoms with Crippen LogP contribution in [0.25, 0.3) is 34.3 Å². The Bertz CT molecular complexity index is 2780. The molecule has 8 heterocycles. The van der Waals surface area contributed by atoms with Gasteiger partial charge >= 0.3 is 0 Å². The molecule has 0 atom stereocenters. The number of ether oxygens (including phenoxy) is 2. The molecule has 10 rings (SSSR count). The standard InChI is InChI=1S/C22H22N8O.C14H13ClN6O.C8H8O.H4N2/c1-16-3-2-4-17(13-16)15-24-27-19-14-20(29-9-11-31-12-10-29)30-22(25-19)26-21(28-30)18-5-7-23-8-6-18;15-11-9-12(20-5-7-22-8-6-20)21-14(17-11)18-13(19-21)10-1-3-16-4-2-10;1-7-3-2-4-8(5-7)6-9;1-2/h2-8,13-15H,9-12H2,1H3,(H,25,26,27,28);1-4,9H,5-8H2;2-6H,1H3;1-2H2/b24-15+;;;. The van der Waals surface area contributed by atoms with E-state index >= 15 is 0 Å². The van der Waals surface area contributed by atoms with Crippen LogP contribution in [0.2, 0.25) is 5.15 Å². The quantitative estimate of drug-likeness (QED) is 0.0594. The van der Waals surface area contributed by atoms with E-state index in [1.165, 1.54) is 5.56 Å². The Morgan fingerprint density at radius 1 is 0.641 bits per heavy atom. The van der Waals surface area contributed by atoms with Crippen LogP contribution in [-0.2, 0) is 9.47 Å². The summed E-state index contributed by atoms with van der Waals surface area (Å²) in [7, 11) is 0. The van der Waals surface area contributed by atoms with Crippen molar-refractivity contribution in [2.75, 3.05) is 67.8 Å². The molecule has 8 aromatic rings. The highest BCUT2D eigenvalue weighted by Crippen LogP contribution is 2.25. The molecule has 0 aliphatic carbocycles. The first-order valence-corrected chi connectivity index (χ1v) is 20.7. The first kappa shape index (κ1) is 44.8. The summed E-state index contributed by atoms with van der Waals surface area (Å²) in [5.41, 5.74) is 8.90. The number of aryl methyl sites for hydroxylation is 2. The first-order chi connectivity index (χ1) is 31.4. The highest BCUT2D eigenvalue weighted by atomic mass is 35.5. The van der Waals surface area contributed by atoms with E-state index in [-0.39, 0.29) is 0 Å². The molecule has 19 nitrogen and oxygen atoms in total. The number of carbonyl (C=O) groups is 1. The largest absolute Gasteiger partial charge is 0.378 e. The minimum Gasteiger partial charge on any atom is -0.378 e. The molecule has 2 aliphatic rings. The smallest absolute Gasteiger partial charge is 0.256 e. The van der Waals surface area contributed by atoms with Gasteiger partial charge in [0.15, 0.2) is 17.5 Å². The number of rotatable bonds is 8. The highest BCUT2D eigenvalue weighted by Gasteiger charge is 2.20. The summed E-state index contributed by atoms with van der Waals surface area (Å²) in [6.45, 7) is 9.87. The van der Waals surface area contributed by atoms with Gasteiger partial charge in [-0.3, -0.25) is 31.9 Å². The number of halogens is 1. The van der Waals surface area contributed by atoms with E-state index in [0.29, 0.717) is 60.6 Å². The molecule has 2 aromatic carbocycles. The van der Waals surface area contributed by atoms with Gasteiger partial charge in [-0.15, -0.1) is 10.2 Å². The van der Waals surface area contributed by atoms with Gasteiger partial charge in [-0.05, 0) is 49.7 Å². The molecule has 0 saturated carbocycles. The van der Waals surface area contributed by atoms with Gasteiger partial charge in [-0.25, -0.2) is 0 Å². The summed E-state index contributed by atoms with van der Waals surface area (Å²) in [5, 5.41) is 14.0. The van der Waals surface area contributed by atoms with Crippen molar-refractivity contribution in [2.45, 2.75) is 13.8 Å². The summed E-state index contributed by atoms with van der Waals surface area (Å²) in [4.78, 5) is 40.6. The van der Waals surface area contributed by atoms with E-state index in [2.05, 4.69) is 86.1 Å². The predicted octanol–water partition coefficient (Wildman–Crippen LogP) is 5.08. The molecule has 2 fully saturated rings. The fourth-order valence-electron chi connectivity index (χ4n) is 6.68. The lowest BCUT2D eigenvalue weighted by atomic mass is 10.2. The van der Waals surface area contributed by atoms with Crippen LogP contribution in [0.1, 0.15) is 27.0 Å². The fourth-order valence-corrected chi connectivity index (χ4v) is 6.86. The number of carbonyl (C=O) groups excluding carboxylic acids is 1. The summed E-state index contributed by atoms with van der Waals surface area (Å²) < 4.78 is 14.4. The topological polar surface area (TPSA) is 230 Å². The molecule has 2 saturated heterocycles. The second-order valence-corrected chi connectivity index (χ2v) is 14.6. The van der Waals surface area contributed by atoms with Crippen LogP contribution in [0.3, 0.4) is 0 Å². The van der Waals surface area contributed by atoms with Crippen molar-refractivity contribution in [3.8, 4) is 22.8 Å². The van der Waals surface area contributed by atoms with Crippen LogP contribution in [0.15, 0.2) is 115 Å². The molecule has 0 unspecified atom stereocenters. The Morgan fingerprint density at radius 2 is 1.12 bits per heavy atom. The number of pyridine rings is 2. The number of morpholine rings is 2. The summed E-state index contributed by atoms with van der Waals surface area (Å²) in [5.74, 6) is 12.6. The number of anilines is 3. The Hall–Kier alpha value is -7.29. The Labute approximate surface area is 373 Å². The summed E-state index contributed by atoms with van der Waals surface area (Å²) >= 11 is 6.14. The molecule has 328 valence electrons. The molecule has 0 bridgehead atoms. The van der Waals surface area contributed by atoms with E-state index in [1.807, 2.05) is 73.7 Å². The number of hydrogen-bond donors (Lipinski definition) is 3. The number of hydrazine groups is 1. The number of aldehydes is 1. The molecule has 6 aromatic heterocycles. The third kappa shape index (κ3) is 11.6. The van der Waals surface area contributed by atoms with Crippen molar-refractivity contribution in [1.29, 1.82) is 0 Å². The number of nitrogens with two attached hydrogens (primary N) is 2. The van der Waals surface area contributed by atoms with Crippen molar-refractivity contribution in [2.24, 2.45) is 16.8 Å². The first-order valence-electron chi connectivity index (χ1n) is 20.3. The van der Waals surface area contributed by atoms with Gasteiger partial charge in [0.25, 0.3) is 11.6 Å². The average Bonchev–Trinajstić information content (AvgIpc) is 3.98. The number of nitrogens with one attached hydrogen (secondary N) is 1. The van der Waals surface area contributed by atoms with Gasteiger partial charge in [0.2, 0.25) is 0 Å². The SMILES string of the molecule is Cc1cccc(/C=N/Nc2cc(N3CCOCC3)n3nc(-c4ccncc4)nc3n2)c1.Cc1cccc(C=O)c1.Clc1cc(N2CCOCC2)n2nc(-c3ccncc3)nc2n1.NN. The summed E-state index contributed by atoms with van der Waals surface area (Å²) in [6, 6.07) is 26.9. The predicted molar refractivity (Wildman–Crippen MR) is 246 cm³/mol. The number of nitrogens with zero attached hydrogens (tertiary/aromatic N) is 13. The van der Waals surface area contributed by atoms with Crippen LogP contribution in [0, 0.1) is 13.8 Å². The second kappa shape index (κ2) is 22.2. The number of aromatic nitrogens is 10. The van der Waals surface area contributed by atoms with Gasteiger partial charge in [-0.1, -0.05) is 65.2 Å². The van der Waals surface area contributed by atoms with Crippen LogP contribution in [-0.4, -0.2) is 114 Å². The minimum absolute atomic E-state index is 0.405. The highest BCUT2D eigenvalue weighted by molar-refractivity contribution is 6.29. The molecule has 2 aliphatic heterocycles. The fraction of sp³-hybridized carbons (Fsp3) is 0.227. The van der Waals surface area contributed by atoms with Gasteiger partial charge in [0, 0.05) is 79.8 Å². The van der Waals surface area contributed by atoms with Gasteiger partial charge in [-0.2, -0.15) is 34.1 Å². The van der Waals surface area contributed by atoms with Crippen molar-refractivity contribution in [3.63, 3.8) is 0 Å². The molecule has 20 heteroatoms. The van der Waals surface area contributed by atoms with E-state index < -0.39 is 0 Å². The maximum Gasteiger partial charge on any atom is 0.256 e. The lowest BCUT2D eigenvalue weighted by molar-refractivity contribution is 0.112. The Balaban J connectivity index is 0.000000161. The van der Waals surface area contributed by atoms with Crippen molar-refractivity contribution in [1.82, 2.24) is 49.1 Å². The molecular formula is C44H47ClN16O3. The number of fused-ring (bicyclic) bond motifs is 2. The maximum absolute atomic E-state index is 10.2. The van der Waals surface area contributed by atoms with Crippen molar-refractivity contribution in [3.05, 3.63) is 137 Å². The second-order valence-electron chi connectivity index (χ2n) is 14.2. The number of benzene rings is 2. The van der Waals surface area contributed by atoms with Gasteiger partial charge < -0.3 is 19.3 Å². The molecule has 0 radical (unpaired) electrons. The third-order valence-corrected chi connectivity index (χ3v) is 9.91. The Kier molecular flexibility index (Phi) is 15.5. The molecular weight excluding hydrogens is 836 g/mol. The Morgan fingerprint density at radius 3 is 1.62 bits per heavy atom. The van der Waals surface area contributed by atoms with E-state index in [9.17, 15) is 4.79 Å². The van der Waals surface area contributed by atoms with E-state index in [0.717, 1.165) is 71.9 Å². The number of hydrazone groups is 1. The lowest BCUT2D eigenvalue weighted by Gasteiger charge is -2.28. The molecule has 5 N–H and O–H groups in total. The van der Waals surface area contributed by atoms with Crippen molar-refractivity contribution < 1.29 is 14.3 Å². The zero-order valence-electron chi connectivity index (χ0n) is 35.3. The lowest BCUT2D eigenvalue weighted by Crippen LogP contribution is -2.37.